The van der Waals surface area contributed by atoms with Crippen LogP contribution in [0.25, 0.3) is 0 Å². The predicted octanol–water partition coefficient (Wildman–Crippen LogP) is 3.23. The van der Waals surface area contributed by atoms with Gasteiger partial charge in [0.1, 0.15) is 0 Å². The summed E-state index contributed by atoms with van der Waals surface area (Å²) in [5.41, 5.74) is 15.8. The number of halogens is 1. The number of carbonyl (C=O) groups excluding carboxylic acids is 1. The van der Waals surface area contributed by atoms with Crippen molar-refractivity contribution in [2.24, 2.45) is 5.73 Å². The fraction of sp³-hybridized carbons (Fsp3) is 0.188. The van der Waals surface area contributed by atoms with Crippen molar-refractivity contribution in [3.8, 4) is 0 Å². The van der Waals surface area contributed by atoms with Gasteiger partial charge in [-0.25, -0.2) is 0 Å². The van der Waals surface area contributed by atoms with Crippen molar-refractivity contribution in [1.82, 2.24) is 0 Å². The summed E-state index contributed by atoms with van der Waals surface area (Å²) >= 11 is 3.43. The smallest absolute Gasteiger partial charge is 0.250 e. The molecule has 0 aliphatic heterocycles. The van der Waals surface area contributed by atoms with Crippen molar-refractivity contribution in [2.75, 3.05) is 11.1 Å². The zero-order chi connectivity index (χ0) is 15.0. The lowest BCUT2D eigenvalue weighted by Crippen LogP contribution is -2.16. The number of anilines is 2. The summed E-state index contributed by atoms with van der Waals surface area (Å²) in [7, 11) is 0. The third kappa shape index (κ3) is 2.74. The molecule has 108 valence electrons. The van der Waals surface area contributed by atoms with E-state index in [0.717, 1.165) is 28.7 Å². The summed E-state index contributed by atoms with van der Waals surface area (Å²) in [6.07, 6.45) is 1.96. The first-order valence-corrected chi connectivity index (χ1v) is 7.58. The van der Waals surface area contributed by atoms with E-state index in [9.17, 15) is 4.79 Å². The number of nitrogen functional groups attached to an aromatic ring is 1. The average Bonchev–Trinajstić information content (AvgIpc) is 2.81. The molecule has 3 rings (SSSR count). The third-order valence-corrected chi connectivity index (χ3v) is 4.31. The molecule has 4 nitrogen and oxygen atoms in total. The Morgan fingerprint density at radius 3 is 2.81 bits per heavy atom. The molecule has 5 heteroatoms. The highest BCUT2D eigenvalue weighted by atomic mass is 79.9. The van der Waals surface area contributed by atoms with Crippen LogP contribution in [0.1, 0.15) is 33.9 Å². The van der Waals surface area contributed by atoms with Crippen LogP contribution in [0.3, 0.4) is 0 Å². The first-order chi connectivity index (χ1) is 10.0. The first-order valence-electron chi connectivity index (χ1n) is 6.79. The van der Waals surface area contributed by atoms with Gasteiger partial charge in [0.25, 0.3) is 5.91 Å². The molecule has 1 aliphatic carbocycles. The van der Waals surface area contributed by atoms with E-state index in [4.69, 9.17) is 11.5 Å². The second-order valence-electron chi connectivity index (χ2n) is 5.25. The molecule has 0 saturated carbocycles. The molecular formula is C16H16BrN3O. The van der Waals surface area contributed by atoms with E-state index >= 15 is 0 Å². The molecule has 0 fully saturated rings. The number of benzene rings is 2. The molecule has 0 saturated heterocycles. The maximum Gasteiger partial charge on any atom is 0.250 e. The molecule has 1 atom stereocenters. The molecular weight excluding hydrogens is 330 g/mol. The number of amides is 1. The molecule has 5 N–H and O–H groups in total. The van der Waals surface area contributed by atoms with Crippen molar-refractivity contribution in [2.45, 2.75) is 18.9 Å². The quantitative estimate of drug-likeness (QED) is 0.747. The maximum atomic E-state index is 11.5. The molecule has 0 bridgehead atoms. The number of nitrogens with two attached hydrogens (primary N) is 2. The highest BCUT2D eigenvalue weighted by molar-refractivity contribution is 9.10. The van der Waals surface area contributed by atoms with E-state index in [1.807, 2.05) is 24.3 Å². The number of hydrogen-bond donors (Lipinski definition) is 3. The summed E-state index contributed by atoms with van der Waals surface area (Å²) < 4.78 is 0.908. The van der Waals surface area contributed by atoms with Gasteiger partial charge in [-0.05, 0) is 54.3 Å². The number of fused-ring (bicyclic) bond motifs is 1. The predicted molar refractivity (Wildman–Crippen MR) is 88.2 cm³/mol. The van der Waals surface area contributed by atoms with E-state index in [1.54, 1.807) is 6.07 Å². The summed E-state index contributed by atoms with van der Waals surface area (Å²) in [6.45, 7) is 0. The topological polar surface area (TPSA) is 81.1 Å². The lowest BCUT2D eigenvalue weighted by Gasteiger charge is -2.18. The molecule has 2 aromatic rings. The highest BCUT2D eigenvalue weighted by Crippen LogP contribution is 2.36. The van der Waals surface area contributed by atoms with Gasteiger partial charge < -0.3 is 16.8 Å². The molecule has 1 aliphatic rings. The molecule has 1 amide bonds. The van der Waals surface area contributed by atoms with Crippen LogP contribution in [0.2, 0.25) is 0 Å². The molecule has 0 aromatic heterocycles. The van der Waals surface area contributed by atoms with Gasteiger partial charge in [-0.2, -0.15) is 0 Å². The van der Waals surface area contributed by atoms with Crippen LogP contribution in [-0.4, -0.2) is 5.91 Å². The van der Waals surface area contributed by atoms with Crippen molar-refractivity contribution < 1.29 is 4.79 Å². The molecule has 1 unspecified atom stereocenters. The van der Waals surface area contributed by atoms with E-state index < -0.39 is 5.91 Å². The number of hydrogen-bond acceptors (Lipinski definition) is 3. The molecule has 0 heterocycles. The first kappa shape index (κ1) is 13.9. The van der Waals surface area contributed by atoms with Crippen LogP contribution in [0.5, 0.6) is 0 Å². The van der Waals surface area contributed by atoms with Crippen molar-refractivity contribution >= 4 is 33.2 Å². The minimum absolute atomic E-state index is 0.174. The highest BCUT2D eigenvalue weighted by Gasteiger charge is 2.23. The molecule has 21 heavy (non-hydrogen) atoms. The van der Waals surface area contributed by atoms with Gasteiger partial charge in [0.2, 0.25) is 0 Å². The monoisotopic (exact) mass is 345 g/mol. The van der Waals surface area contributed by atoms with Crippen LogP contribution >= 0.6 is 15.9 Å². The molecule has 0 spiro atoms. The minimum Gasteiger partial charge on any atom is -0.399 e. The van der Waals surface area contributed by atoms with Gasteiger partial charge in [0.05, 0.1) is 11.6 Å². The SMILES string of the molecule is NC(=O)c1ccc(Br)cc1NC1CCc2cc(N)ccc21. The normalized spacial score (nSPS) is 16.5. The maximum absolute atomic E-state index is 11.5. The van der Waals surface area contributed by atoms with Gasteiger partial charge in [0, 0.05) is 15.8 Å². The number of rotatable bonds is 3. The summed E-state index contributed by atoms with van der Waals surface area (Å²) in [5.74, 6) is -0.430. The third-order valence-electron chi connectivity index (χ3n) is 3.82. The Bertz CT molecular complexity index is 715. The van der Waals surface area contributed by atoms with Gasteiger partial charge in [-0.3, -0.25) is 4.79 Å². The van der Waals surface area contributed by atoms with Crippen LogP contribution in [-0.2, 0) is 6.42 Å². The van der Waals surface area contributed by atoms with Crippen LogP contribution in [0, 0.1) is 0 Å². The van der Waals surface area contributed by atoms with Gasteiger partial charge in [0.15, 0.2) is 0 Å². The lowest BCUT2D eigenvalue weighted by molar-refractivity contribution is 0.100. The van der Waals surface area contributed by atoms with Crippen molar-refractivity contribution in [1.29, 1.82) is 0 Å². The van der Waals surface area contributed by atoms with Crippen molar-refractivity contribution in [3.63, 3.8) is 0 Å². The fourth-order valence-corrected chi connectivity index (χ4v) is 3.19. The van der Waals surface area contributed by atoms with Crippen LogP contribution in [0.4, 0.5) is 11.4 Å². The second kappa shape index (κ2) is 5.41. The Hall–Kier alpha value is -2.01. The number of aryl methyl sites for hydroxylation is 1. The zero-order valence-corrected chi connectivity index (χ0v) is 13.0. The van der Waals surface area contributed by atoms with Gasteiger partial charge in [-0.1, -0.05) is 22.0 Å². The van der Waals surface area contributed by atoms with E-state index in [1.165, 1.54) is 11.1 Å². The van der Waals surface area contributed by atoms with E-state index in [0.29, 0.717) is 5.56 Å². The second-order valence-corrected chi connectivity index (χ2v) is 6.16. The van der Waals surface area contributed by atoms with Crippen molar-refractivity contribution in [3.05, 3.63) is 57.6 Å². The number of carbonyl (C=O) groups is 1. The number of nitrogens with one attached hydrogen (secondary N) is 1. The molecule has 0 radical (unpaired) electrons. The minimum atomic E-state index is -0.430. The largest absolute Gasteiger partial charge is 0.399 e. The summed E-state index contributed by atoms with van der Waals surface area (Å²) in [5, 5.41) is 3.44. The fourth-order valence-electron chi connectivity index (χ4n) is 2.83. The Balaban J connectivity index is 1.93. The molecule has 2 aromatic carbocycles. The Kier molecular flexibility index (Phi) is 3.59. The standard InChI is InChI=1S/C16H16BrN3O/c17-10-2-4-13(16(19)21)15(8-10)20-14-6-1-9-7-11(18)3-5-12(9)14/h2-5,7-8,14,20H,1,6,18H2,(H2,19,21). The Labute approximate surface area is 131 Å². The van der Waals surface area contributed by atoms with Crippen LogP contribution in [0.15, 0.2) is 40.9 Å². The van der Waals surface area contributed by atoms with E-state index in [2.05, 4.69) is 27.3 Å². The van der Waals surface area contributed by atoms with Crippen LogP contribution < -0.4 is 16.8 Å². The Morgan fingerprint density at radius 2 is 2.05 bits per heavy atom. The summed E-state index contributed by atoms with van der Waals surface area (Å²) in [4.78, 5) is 11.5. The lowest BCUT2D eigenvalue weighted by atomic mass is 10.1. The zero-order valence-electron chi connectivity index (χ0n) is 11.4. The number of primary amides is 1. The average molecular weight is 346 g/mol. The van der Waals surface area contributed by atoms with E-state index in [-0.39, 0.29) is 6.04 Å². The van der Waals surface area contributed by atoms with Gasteiger partial charge >= 0.3 is 0 Å². The van der Waals surface area contributed by atoms with Gasteiger partial charge in [-0.15, -0.1) is 0 Å². The summed E-state index contributed by atoms with van der Waals surface area (Å²) in [6, 6.07) is 11.6. The Morgan fingerprint density at radius 1 is 1.24 bits per heavy atom.